The molecule has 10 nitrogen and oxygen atoms in total. The summed E-state index contributed by atoms with van der Waals surface area (Å²) >= 11 is 0. The first-order valence-corrected chi connectivity index (χ1v) is 18.3. The number of ketones is 2. The molecule has 268 valence electrons. The lowest BCUT2D eigenvalue weighted by molar-refractivity contribution is -0.130. The van der Waals surface area contributed by atoms with Gasteiger partial charge in [0.1, 0.15) is 5.78 Å². The number of primary amides is 1. The van der Waals surface area contributed by atoms with Crippen molar-refractivity contribution in [1.82, 2.24) is 21.3 Å². The molecule has 0 aliphatic rings. The Labute approximate surface area is 280 Å². The molecule has 46 heavy (non-hydrogen) atoms. The highest BCUT2D eigenvalue weighted by atomic mass is 16.2. The predicted octanol–water partition coefficient (Wildman–Crippen LogP) is 4.97. The van der Waals surface area contributed by atoms with E-state index in [0.717, 1.165) is 70.8 Å². The van der Waals surface area contributed by atoms with Crippen LogP contribution < -0.4 is 27.0 Å². The third-order valence-electron chi connectivity index (χ3n) is 9.00. The Kier molecular flexibility index (Phi) is 26.3. The highest BCUT2D eigenvalue weighted by molar-refractivity contribution is 5.90. The molecule has 0 saturated heterocycles. The fourth-order valence-electron chi connectivity index (χ4n) is 5.67. The van der Waals surface area contributed by atoms with Crippen LogP contribution in [0.25, 0.3) is 0 Å². The van der Waals surface area contributed by atoms with E-state index in [-0.39, 0.29) is 47.7 Å². The van der Waals surface area contributed by atoms with Crippen molar-refractivity contribution in [2.45, 2.75) is 155 Å². The highest BCUT2D eigenvalue weighted by Crippen LogP contribution is 2.19. The quantitative estimate of drug-likeness (QED) is 0.0662. The van der Waals surface area contributed by atoms with Gasteiger partial charge in [-0.2, -0.15) is 0 Å². The summed E-state index contributed by atoms with van der Waals surface area (Å²) in [5.41, 5.74) is 5.54. The van der Waals surface area contributed by atoms with Crippen molar-refractivity contribution in [2.24, 2.45) is 23.5 Å². The van der Waals surface area contributed by atoms with E-state index in [4.69, 9.17) is 5.73 Å². The van der Waals surface area contributed by atoms with E-state index < -0.39 is 17.9 Å². The summed E-state index contributed by atoms with van der Waals surface area (Å²) in [5, 5.41) is 12.4. The molecule has 0 aromatic carbocycles. The molecule has 10 heteroatoms. The van der Waals surface area contributed by atoms with E-state index in [1.165, 1.54) is 6.42 Å². The third-order valence-corrected chi connectivity index (χ3v) is 9.00. The van der Waals surface area contributed by atoms with Crippen molar-refractivity contribution in [3.63, 3.8) is 0 Å². The van der Waals surface area contributed by atoms with Crippen molar-refractivity contribution in [3.05, 3.63) is 0 Å². The maximum Gasteiger partial charge on any atom is 0.237 e. The monoisotopic (exact) mass is 652 g/mol. The number of nitrogens with two attached hydrogens (primary N) is 1. The van der Waals surface area contributed by atoms with Gasteiger partial charge in [0, 0.05) is 37.1 Å². The predicted molar refractivity (Wildman–Crippen MR) is 187 cm³/mol. The van der Waals surface area contributed by atoms with Gasteiger partial charge in [-0.1, -0.05) is 72.6 Å². The number of rotatable bonds is 31. The minimum atomic E-state index is -0.555. The number of unbranched alkanes of at least 4 members (excludes halogenated alkanes) is 7. The van der Waals surface area contributed by atoms with Gasteiger partial charge in [0.15, 0.2) is 5.78 Å². The maximum absolute atomic E-state index is 13.3. The van der Waals surface area contributed by atoms with Crippen molar-refractivity contribution in [1.29, 1.82) is 0 Å². The van der Waals surface area contributed by atoms with Gasteiger partial charge < -0.3 is 27.0 Å². The number of likely N-dealkylation sites (N-methyl/N-ethyl adjacent to an activating group) is 1. The number of carbonyl (C=O) groups is 5. The first-order valence-electron chi connectivity index (χ1n) is 18.3. The van der Waals surface area contributed by atoms with Crippen LogP contribution in [-0.2, 0) is 24.0 Å². The molecule has 0 radical (unpaired) electrons. The van der Waals surface area contributed by atoms with Gasteiger partial charge in [-0.05, 0) is 78.4 Å². The molecule has 0 saturated carbocycles. The summed E-state index contributed by atoms with van der Waals surface area (Å²) < 4.78 is 0. The van der Waals surface area contributed by atoms with Gasteiger partial charge in [0.25, 0.3) is 0 Å². The standard InChI is InChI=1S/C36H69N5O5/c1-7-9-10-13-22-31(39-6)36(46)40-25-18-16-21-30(41-35(45)28(8-2)19-15-17-24-38-5)32(42)23-14-11-12-20-29(34(37)44)26-33(43)27(3)4/h27-31,38-39H,7-26H2,1-6H3,(H2,37,44)(H,40,46)(H,41,45). The first kappa shape index (κ1) is 43.7. The molecular weight excluding hydrogens is 582 g/mol. The molecule has 0 bridgehead atoms. The van der Waals surface area contributed by atoms with Crippen molar-refractivity contribution in [3.8, 4) is 0 Å². The van der Waals surface area contributed by atoms with Gasteiger partial charge in [-0.15, -0.1) is 0 Å². The number of nitrogens with one attached hydrogen (secondary N) is 4. The molecule has 3 amide bonds. The molecule has 0 aromatic heterocycles. The Balaban J connectivity index is 5.00. The van der Waals surface area contributed by atoms with Gasteiger partial charge in [-0.3, -0.25) is 24.0 Å². The van der Waals surface area contributed by atoms with Crippen LogP contribution in [0.2, 0.25) is 0 Å². The summed E-state index contributed by atoms with van der Waals surface area (Å²) in [6.07, 6.45) is 13.9. The van der Waals surface area contributed by atoms with Crippen molar-refractivity contribution >= 4 is 29.3 Å². The lowest BCUT2D eigenvalue weighted by Crippen LogP contribution is -2.44. The van der Waals surface area contributed by atoms with Gasteiger partial charge in [0.2, 0.25) is 17.7 Å². The Morgan fingerprint density at radius 3 is 1.83 bits per heavy atom. The summed E-state index contributed by atoms with van der Waals surface area (Å²) in [6.45, 7) is 9.27. The van der Waals surface area contributed by atoms with E-state index in [1.54, 1.807) is 0 Å². The minimum absolute atomic E-state index is 0.0103. The largest absolute Gasteiger partial charge is 0.369 e. The van der Waals surface area contributed by atoms with Crippen LogP contribution in [0.15, 0.2) is 0 Å². The van der Waals surface area contributed by atoms with E-state index in [1.807, 2.05) is 34.9 Å². The second kappa shape index (κ2) is 27.8. The van der Waals surface area contributed by atoms with Crippen LogP contribution in [0.1, 0.15) is 143 Å². The fraction of sp³-hybridized carbons (Fsp3) is 0.861. The Morgan fingerprint density at radius 1 is 0.630 bits per heavy atom. The first-order chi connectivity index (χ1) is 22.0. The average Bonchev–Trinajstić information content (AvgIpc) is 3.02. The van der Waals surface area contributed by atoms with E-state index in [2.05, 4.69) is 28.2 Å². The van der Waals surface area contributed by atoms with Gasteiger partial charge in [0.05, 0.1) is 12.1 Å². The molecule has 0 fully saturated rings. The summed E-state index contributed by atoms with van der Waals surface area (Å²) in [5.74, 6) is -1.17. The van der Waals surface area contributed by atoms with E-state index >= 15 is 0 Å². The zero-order chi connectivity index (χ0) is 34.7. The Bertz CT molecular complexity index is 866. The molecule has 0 aromatic rings. The molecule has 0 aliphatic carbocycles. The summed E-state index contributed by atoms with van der Waals surface area (Å²) in [7, 11) is 3.74. The fourth-order valence-corrected chi connectivity index (χ4v) is 5.67. The molecular formula is C36H69N5O5. The number of amides is 3. The summed E-state index contributed by atoms with van der Waals surface area (Å²) in [6, 6.07) is -0.751. The Hall–Kier alpha value is -2.33. The van der Waals surface area contributed by atoms with Crippen LogP contribution in [0.3, 0.4) is 0 Å². The molecule has 0 rings (SSSR count). The van der Waals surface area contributed by atoms with Crippen LogP contribution in [0.5, 0.6) is 0 Å². The second-order valence-electron chi connectivity index (χ2n) is 13.2. The van der Waals surface area contributed by atoms with Crippen LogP contribution in [-0.4, -0.2) is 68.6 Å². The molecule has 6 N–H and O–H groups in total. The van der Waals surface area contributed by atoms with Gasteiger partial charge >= 0.3 is 0 Å². The minimum Gasteiger partial charge on any atom is -0.369 e. The normalized spacial score (nSPS) is 14.0. The van der Waals surface area contributed by atoms with Crippen molar-refractivity contribution < 1.29 is 24.0 Å². The van der Waals surface area contributed by atoms with E-state index in [0.29, 0.717) is 45.1 Å². The number of hydrogen-bond donors (Lipinski definition) is 5. The molecule has 0 aliphatic heterocycles. The lowest BCUT2D eigenvalue weighted by Gasteiger charge is -2.22. The highest BCUT2D eigenvalue weighted by Gasteiger charge is 2.25. The topological polar surface area (TPSA) is 159 Å². The smallest absolute Gasteiger partial charge is 0.237 e. The number of carbonyl (C=O) groups excluding carboxylic acids is 5. The third kappa shape index (κ3) is 20.7. The summed E-state index contributed by atoms with van der Waals surface area (Å²) in [4.78, 5) is 63.1. The van der Waals surface area contributed by atoms with Gasteiger partial charge in [-0.25, -0.2) is 0 Å². The van der Waals surface area contributed by atoms with Crippen molar-refractivity contribution in [2.75, 3.05) is 27.2 Å². The van der Waals surface area contributed by atoms with E-state index in [9.17, 15) is 24.0 Å². The van der Waals surface area contributed by atoms with Crippen LogP contribution >= 0.6 is 0 Å². The zero-order valence-corrected chi connectivity index (χ0v) is 30.1. The molecule has 4 unspecified atom stereocenters. The SMILES string of the molecule is CCCCCCC(NC)C(=O)NCCCCC(NC(=O)C(CC)CCCCNC)C(=O)CCCCCC(CC(=O)C(C)C)C(N)=O. The number of Topliss-reactive ketones (excluding diaryl/α,β-unsaturated/α-hetero) is 2. The molecule has 4 atom stereocenters. The Morgan fingerprint density at radius 2 is 1.22 bits per heavy atom. The van der Waals surface area contributed by atoms with Crippen LogP contribution in [0, 0.1) is 17.8 Å². The molecule has 0 heterocycles. The van der Waals surface area contributed by atoms with Crippen LogP contribution in [0.4, 0.5) is 0 Å². The molecule has 0 spiro atoms. The lowest BCUT2D eigenvalue weighted by atomic mass is 9.91. The maximum atomic E-state index is 13.3. The second-order valence-corrected chi connectivity index (χ2v) is 13.2. The number of hydrogen-bond acceptors (Lipinski definition) is 7. The zero-order valence-electron chi connectivity index (χ0n) is 30.1. The average molecular weight is 652 g/mol.